The van der Waals surface area contributed by atoms with Crippen LogP contribution in [-0.4, -0.2) is 31.0 Å². The van der Waals surface area contributed by atoms with E-state index in [0.29, 0.717) is 16.9 Å². The minimum Gasteiger partial charge on any atom is -0.496 e. The van der Waals surface area contributed by atoms with Crippen LogP contribution in [-0.2, 0) is 0 Å². The second-order valence-electron chi connectivity index (χ2n) is 5.77. The molecule has 0 N–H and O–H groups in total. The Balaban J connectivity index is 1.84. The van der Waals surface area contributed by atoms with E-state index in [1.54, 1.807) is 25.3 Å². The number of rotatable bonds is 3. The summed E-state index contributed by atoms with van der Waals surface area (Å²) in [4.78, 5) is 14.4. The Hall–Kier alpha value is -2.36. The summed E-state index contributed by atoms with van der Waals surface area (Å²) in [5, 5.41) is 0. The summed E-state index contributed by atoms with van der Waals surface area (Å²) in [5.74, 6) is 0.373. The molecule has 1 aliphatic heterocycles. The quantitative estimate of drug-likeness (QED) is 0.853. The molecule has 0 spiro atoms. The van der Waals surface area contributed by atoms with Crippen LogP contribution >= 0.6 is 0 Å². The van der Waals surface area contributed by atoms with Gasteiger partial charge in [0, 0.05) is 24.2 Å². The minimum absolute atomic E-state index is 0.0717. The molecule has 0 atom stereocenters. The van der Waals surface area contributed by atoms with Crippen LogP contribution in [0, 0.1) is 5.82 Å². The van der Waals surface area contributed by atoms with Crippen LogP contribution in [0.3, 0.4) is 0 Å². The van der Waals surface area contributed by atoms with Gasteiger partial charge in [-0.2, -0.15) is 0 Å². The molecule has 1 saturated heterocycles. The van der Waals surface area contributed by atoms with Crippen LogP contribution in [0.2, 0.25) is 0 Å². The van der Waals surface area contributed by atoms with Crippen molar-refractivity contribution in [2.45, 2.75) is 19.3 Å². The SMILES string of the molecule is COc1ccc(F)cc1-c1ccc(C(=O)N2CCCCC2)cc1. The molecule has 120 valence electrons. The van der Waals surface area contributed by atoms with Crippen LogP contribution in [0.5, 0.6) is 5.75 Å². The highest BCUT2D eigenvalue weighted by Gasteiger charge is 2.18. The Morgan fingerprint density at radius 1 is 1.04 bits per heavy atom. The van der Waals surface area contributed by atoms with Crippen molar-refractivity contribution in [3.8, 4) is 16.9 Å². The molecular formula is C19H20FNO2. The van der Waals surface area contributed by atoms with E-state index in [2.05, 4.69) is 0 Å². The van der Waals surface area contributed by atoms with Gasteiger partial charge >= 0.3 is 0 Å². The summed E-state index contributed by atoms with van der Waals surface area (Å²) in [6, 6.07) is 11.7. The number of carbonyl (C=O) groups excluding carboxylic acids is 1. The minimum atomic E-state index is -0.311. The standard InChI is InChI=1S/C19H20FNO2/c1-23-18-10-9-16(20)13-17(18)14-5-7-15(8-6-14)19(22)21-11-3-2-4-12-21/h5-10,13H,2-4,11-12H2,1H3. The van der Waals surface area contributed by atoms with Gasteiger partial charge in [0.15, 0.2) is 0 Å². The molecule has 3 nitrogen and oxygen atoms in total. The average molecular weight is 313 g/mol. The van der Waals surface area contributed by atoms with Gasteiger partial charge in [-0.3, -0.25) is 4.79 Å². The van der Waals surface area contributed by atoms with Crippen LogP contribution in [0.4, 0.5) is 4.39 Å². The summed E-state index contributed by atoms with van der Waals surface area (Å²) >= 11 is 0. The smallest absolute Gasteiger partial charge is 0.253 e. The number of ether oxygens (including phenoxy) is 1. The molecule has 23 heavy (non-hydrogen) atoms. The molecule has 2 aromatic carbocycles. The summed E-state index contributed by atoms with van der Waals surface area (Å²) in [7, 11) is 1.56. The van der Waals surface area contributed by atoms with Crippen LogP contribution in [0.25, 0.3) is 11.1 Å². The largest absolute Gasteiger partial charge is 0.496 e. The van der Waals surface area contributed by atoms with E-state index in [1.165, 1.54) is 18.6 Å². The van der Waals surface area contributed by atoms with Crippen LogP contribution in [0.1, 0.15) is 29.6 Å². The van der Waals surface area contributed by atoms with Crippen LogP contribution in [0.15, 0.2) is 42.5 Å². The molecule has 1 aliphatic rings. The van der Waals surface area contributed by atoms with Crippen molar-refractivity contribution in [2.24, 2.45) is 0 Å². The van der Waals surface area contributed by atoms with Gasteiger partial charge in [-0.15, -0.1) is 0 Å². The number of halogens is 1. The molecule has 0 bridgehead atoms. The van der Waals surface area contributed by atoms with Gasteiger partial charge < -0.3 is 9.64 Å². The zero-order valence-corrected chi connectivity index (χ0v) is 13.2. The first kappa shape index (κ1) is 15.5. The lowest BCUT2D eigenvalue weighted by molar-refractivity contribution is 0.0724. The maximum absolute atomic E-state index is 13.5. The second kappa shape index (κ2) is 6.82. The van der Waals surface area contributed by atoms with E-state index in [9.17, 15) is 9.18 Å². The number of piperidine rings is 1. The fourth-order valence-corrected chi connectivity index (χ4v) is 2.98. The summed E-state index contributed by atoms with van der Waals surface area (Å²) in [6.45, 7) is 1.66. The normalized spacial score (nSPS) is 14.6. The number of benzene rings is 2. The molecule has 0 saturated carbocycles. The third kappa shape index (κ3) is 3.36. The molecule has 3 rings (SSSR count). The maximum atomic E-state index is 13.5. The number of hydrogen-bond donors (Lipinski definition) is 0. The fourth-order valence-electron chi connectivity index (χ4n) is 2.98. The third-order valence-electron chi connectivity index (χ3n) is 4.25. The van der Waals surface area contributed by atoms with Crippen molar-refractivity contribution in [2.75, 3.05) is 20.2 Å². The number of nitrogens with zero attached hydrogens (tertiary/aromatic N) is 1. The fraction of sp³-hybridized carbons (Fsp3) is 0.316. The lowest BCUT2D eigenvalue weighted by atomic mass is 10.0. The van der Waals surface area contributed by atoms with Gasteiger partial charge in [0.25, 0.3) is 5.91 Å². The van der Waals surface area contributed by atoms with Crippen molar-refractivity contribution in [3.63, 3.8) is 0 Å². The predicted octanol–water partition coefficient (Wildman–Crippen LogP) is 4.13. The first-order valence-electron chi connectivity index (χ1n) is 7.92. The Bertz CT molecular complexity index is 691. The van der Waals surface area contributed by atoms with Crippen molar-refractivity contribution in [3.05, 3.63) is 53.8 Å². The van der Waals surface area contributed by atoms with Gasteiger partial charge in [-0.25, -0.2) is 4.39 Å². The number of methoxy groups -OCH3 is 1. The van der Waals surface area contributed by atoms with Gasteiger partial charge in [0.05, 0.1) is 7.11 Å². The number of carbonyl (C=O) groups is 1. The van der Waals surface area contributed by atoms with E-state index in [1.807, 2.05) is 17.0 Å². The summed E-state index contributed by atoms with van der Waals surface area (Å²) < 4.78 is 18.8. The lowest BCUT2D eigenvalue weighted by Gasteiger charge is -2.26. The van der Waals surface area contributed by atoms with Crippen LogP contribution < -0.4 is 4.74 Å². The molecule has 0 unspecified atom stereocenters. The molecule has 1 amide bonds. The Morgan fingerprint density at radius 3 is 2.39 bits per heavy atom. The van der Waals surface area contributed by atoms with E-state index >= 15 is 0 Å². The first-order valence-corrected chi connectivity index (χ1v) is 7.92. The van der Waals surface area contributed by atoms with E-state index in [4.69, 9.17) is 4.74 Å². The Labute approximate surface area is 135 Å². The van der Waals surface area contributed by atoms with Gasteiger partial charge in [-0.05, 0) is 55.2 Å². The second-order valence-corrected chi connectivity index (χ2v) is 5.77. The Morgan fingerprint density at radius 2 is 1.74 bits per heavy atom. The zero-order valence-electron chi connectivity index (χ0n) is 13.2. The third-order valence-corrected chi connectivity index (χ3v) is 4.25. The maximum Gasteiger partial charge on any atom is 0.253 e. The van der Waals surface area contributed by atoms with Crippen molar-refractivity contribution in [1.82, 2.24) is 4.90 Å². The van der Waals surface area contributed by atoms with Gasteiger partial charge in [0.1, 0.15) is 11.6 Å². The first-order chi connectivity index (χ1) is 11.2. The molecular weight excluding hydrogens is 293 g/mol. The molecule has 0 aliphatic carbocycles. The monoisotopic (exact) mass is 313 g/mol. The van der Waals surface area contributed by atoms with Crippen molar-refractivity contribution < 1.29 is 13.9 Å². The molecule has 0 radical (unpaired) electrons. The van der Waals surface area contributed by atoms with Crippen molar-refractivity contribution in [1.29, 1.82) is 0 Å². The van der Waals surface area contributed by atoms with Gasteiger partial charge in [0.2, 0.25) is 0 Å². The highest BCUT2D eigenvalue weighted by Crippen LogP contribution is 2.31. The van der Waals surface area contributed by atoms with E-state index in [0.717, 1.165) is 31.5 Å². The summed E-state index contributed by atoms with van der Waals surface area (Å²) in [6.07, 6.45) is 3.34. The Kier molecular flexibility index (Phi) is 4.60. The summed E-state index contributed by atoms with van der Waals surface area (Å²) in [5.41, 5.74) is 2.19. The average Bonchev–Trinajstić information content (AvgIpc) is 2.62. The molecule has 0 aromatic heterocycles. The predicted molar refractivity (Wildman–Crippen MR) is 88.1 cm³/mol. The number of hydrogen-bond acceptors (Lipinski definition) is 2. The molecule has 1 heterocycles. The highest BCUT2D eigenvalue weighted by atomic mass is 19.1. The van der Waals surface area contributed by atoms with E-state index < -0.39 is 0 Å². The lowest BCUT2D eigenvalue weighted by Crippen LogP contribution is -2.35. The number of likely N-dealkylation sites (tertiary alicyclic amines) is 1. The van der Waals surface area contributed by atoms with Crippen molar-refractivity contribution >= 4 is 5.91 Å². The zero-order chi connectivity index (χ0) is 16.2. The van der Waals surface area contributed by atoms with E-state index in [-0.39, 0.29) is 11.7 Å². The molecule has 4 heteroatoms. The molecule has 1 fully saturated rings. The van der Waals surface area contributed by atoms with Gasteiger partial charge in [-0.1, -0.05) is 12.1 Å². The highest BCUT2D eigenvalue weighted by molar-refractivity contribution is 5.94. The molecule has 2 aromatic rings. The number of amides is 1. The topological polar surface area (TPSA) is 29.5 Å².